The van der Waals surface area contributed by atoms with E-state index in [1.807, 2.05) is 0 Å². The zero-order valence-corrected chi connectivity index (χ0v) is 7.88. The topological polar surface area (TPSA) is 22.1 Å². The van der Waals surface area contributed by atoms with Crippen molar-refractivity contribution >= 4 is 17.7 Å². The number of pyridine rings is 1. The summed E-state index contributed by atoms with van der Waals surface area (Å²) in [5.74, 6) is 0.373. The van der Waals surface area contributed by atoms with Crippen molar-refractivity contribution in [2.45, 2.75) is 0 Å². The van der Waals surface area contributed by atoms with Crippen LogP contribution in [0.1, 0.15) is 5.56 Å². The van der Waals surface area contributed by atoms with Gasteiger partial charge in [0.25, 0.3) is 0 Å². The number of rotatable bonds is 3. The molecule has 70 valence electrons. The summed E-state index contributed by atoms with van der Waals surface area (Å²) in [6.45, 7) is 0. The van der Waals surface area contributed by atoms with Gasteiger partial charge in [0.15, 0.2) is 0 Å². The molecule has 2 nitrogen and oxygen atoms in total. The van der Waals surface area contributed by atoms with E-state index < -0.39 is 5.82 Å². The Morgan fingerprint density at radius 1 is 1.69 bits per heavy atom. The zero-order valence-electron chi connectivity index (χ0n) is 7.13. The molecular formula is C9H9ClFNO. The molecule has 0 saturated carbocycles. The van der Waals surface area contributed by atoms with Gasteiger partial charge in [-0.1, -0.05) is 12.2 Å². The highest BCUT2D eigenvalue weighted by Gasteiger charge is 2.01. The smallest absolute Gasteiger partial charge is 0.220 e. The predicted molar refractivity (Wildman–Crippen MR) is 50.5 cm³/mol. The first-order valence-electron chi connectivity index (χ1n) is 3.70. The van der Waals surface area contributed by atoms with Crippen molar-refractivity contribution in [3.8, 4) is 5.88 Å². The lowest BCUT2D eigenvalue weighted by atomic mass is 10.2. The lowest BCUT2D eigenvalue weighted by Crippen LogP contribution is -1.92. The van der Waals surface area contributed by atoms with Gasteiger partial charge in [-0.3, -0.25) is 0 Å². The number of methoxy groups -OCH3 is 1. The number of hydrogen-bond acceptors (Lipinski definition) is 2. The minimum atomic E-state index is -0.393. The summed E-state index contributed by atoms with van der Waals surface area (Å²) in [5.41, 5.74) is 0.586. The summed E-state index contributed by atoms with van der Waals surface area (Å²) < 4.78 is 17.7. The Bertz CT molecular complexity index is 314. The van der Waals surface area contributed by atoms with E-state index in [4.69, 9.17) is 16.3 Å². The first-order valence-corrected chi connectivity index (χ1v) is 4.23. The first kappa shape index (κ1) is 9.99. The van der Waals surface area contributed by atoms with Crippen LogP contribution in [0.5, 0.6) is 5.88 Å². The molecule has 0 atom stereocenters. The van der Waals surface area contributed by atoms with E-state index in [0.29, 0.717) is 17.3 Å². The molecule has 1 heterocycles. The van der Waals surface area contributed by atoms with Gasteiger partial charge >= 0.3 is 0 Å². The van der Waals surface area contributed by atoms with Crippen LogP contribution in [0.2, 0.25) is 0 Å². The molecule has 4 heteroatoms. The fraction of sp³-hybridized carbons (Fsp3) is 0.222. The summed E-state index contributed by atoms with van der Waals surface area (Å²) in [7, 11) is 1.48. The first-order chi connectivity index (χ1) is 6.27. The van der Waals surface area contributed by atoms with Crippen molar-refractivity contribution in [2.24, 2.45) is 0 Å². The number of alkyl halides is 1. The van der Waals surface area contributed by atoms with Gasteiger partial charge < -0.3 is 4.74 Å². The van der Waals surface area contributed by atoms with Crippen molar-refractivity contribution < 1.29 is 9.13 Å². The summed E-state index contributed by atoms with van der Waals surface area (Å²) in [6, 6.07) is 1.34. The highest BCUT2D eigenvalue weighted by molar-refractivity contribution is 6.19. The van der Waals surface area contributed by atoms with Gasteiger partial charge in [-0.05, 0) is 6.07 Å². The quantitative estimate of drug-likeness (QED) is 0.701. The standard InChI is InChI=1S/C9H9ClFNO/c1-13-9-7(3-2-4-10)5-8(11)6-12-9/h2-3,5-6H,4H2,1H3. The molecule has 0 amide bonds. The number of allylic oxidation sites excluding steroid dienone is 1. The number of aromatic nitrogens is 1. The van der Waals surface area contributed by atoms with Crippen molar-refractivity contribution in [3.05, 3.63) is 29.7 Å². The molecule has 1 aromatic rings. The van der Waals surface area contributed by atoms with Crippen LogP contribution in [0.3, 0.4) is 0 Å². The lowest BCUT2D eigenvalue weighted by molar-refractivity contribution is 0.394. The zero-order chi connectivity index (χ0) is 9.68. The minimum absolute atomic E-state index is 0.375. The molecule has 0 fully saturated rings. The molecule has 1 rings (SSSR count). The van der Waals surface area contributed by atoms with E-state index in [-0.39, 0.29) is 0 Å². The van der Waals surface area contributed by atoms with Gasteiger partial charge in [0, 0.05) is 11.4 Å². The molecule has 0 unspecified atom stereocenters. The van der Waals surface area contributed by atoms with Crippen LogP contribution in [0, 0.1) is 5.82 Å². The molecular weight excluding hydrogens is 193 g/mol. The summed E-state index contributed by atoms with van der Waals surface area (Å²) in [4.78, 5) is 3.76. The second-order valence-corrected chi connectivity index (χ2v) is 2.62. The fourth-order valence-corrected chi connectivity index (χ4v) is 0.993. The van der Waals surface area contributed by atoms with Crippen LogP contribution in [0.25, 0.3) is 6.08 Å². The van der Waals surface area contributed by atoms with Crippen LogP contribution >= 0.6 is 11.6 Å². The van der Waals surface area contributed by atoms with E-state index in [0.717, 1.165) is 6.20 Å². The molecule has 0 aliphatic heterocycles. The minimum Gasteiger partial charge on any atom is -0.481 e. The maximum atomic E-state index is 12.7. The molecule has 0 bridgehead atoms. The lowest BCUT2D eigenvalue weighted by Gasteiger charge is -2.02. The summed E-state index contributed by atoms with van der Waals surface area (Å²) >= 11 is 5.44. The average Bonchev–Trinajstić information content (AvgIpc) is 2.15. The predicted octanol–water partition coefficient (Wildman–Crippen LogP) is 2.48. The van der Waals surface area contributed by atoms with E-state index >= 15 is 0 Å². The molecule has 13 heavy (non-hydrogen) atoms. The maximum absolute atomic E-state index is 12.7. The van der Waals surface area contributed by atoms with Gasteiger partial charge in [-0.25, -0.2) is 9.37 Å². The third kappa shape index (κ3) is 2.70. The van der Waals surface area contributed by atoms with Gasteiger partial charge in [0.2, 0.25) is 5.88 Å². The second-order valence-electron chi connectivity index (χ2n) is 2.31. The van der Waals surface area contributed by atoms with Gasteiger partial charge in [-0.15, -0.1) is 11.6 Å². The number of ether oxygens (including phenoxy) is 1. The largest absolute Gasteiger partial charge is 0.481 e. The Kier molecular flexibility index (Phi) is 3.71. The van der Waals surface area contributed by atoms with Crippen molar-refractivity contribution in [3.63, 3.8) is 0 Å². The monoisotopic (exact) mass is 201 g/mol. The number of halogens is 2. The van der Waals surface area contributed by atoms with Gasteiger partial charge in [0.1, 0.15) is 5.82 Å². The molecule has 0 saturated heterocycles. The highest BCUT2D eigenvalue weighted by Crippen LogP contribution is 2.17. The third-order valence-electron chi connectivity index (χ3n) is 1.43. The Morgan fingerprint density at radius 2 is 2.46 bits per heavy atom. The van der Waals surface area contributed by atoms with Crippen molar-refractivity contribution in [1.29, 1.82) is 0 Å². The van der Waals surface area contributed by atoms with Crippen LogP contribution in [0.4, 0.5) is 4.39 Å². The Labute approximate surface area is 81.0 Å². The summed E-state index contributed by atoms with van der Waals surface area (Å²) in [5, 5.41) is 0. The number of nitrogens with zero attached hydrogens (tertiary/aromatic N) is 1. The fourth-order valence-electron chi connectivity index (χ4n) is 0.904. The third-order valence-corrected chi connectivity index (χ3v) is 1.60. The molecule has 0 N–H and O–H groups in total. The van der Waals surface area contributed by atoms with Crippen LogP contribution in [-0.2, 0) is 0 Å². The van der Waals surface area contributed by atoms with Crippen molar-refractivity contribution in [2.75, 3.05) is 13.0 Å². The van der Waals surface area contributed by atoms with Gasteiger partial charge in [-0.2, -0.15) is 0 Å². The normalized spacial score (nSPS) is 10.7. The second kappa shape index (κ2) is 4.82. The summed E-state index contributed by atoms with van der Waals surface area (Å²) in [6.07, 6.45) is 4.47. The molecule has 0 radical (unpaired) electrons. The Hall–Kier alpha value is -1.09. The van der Waals surface area contributed by atoms with E-state index in [9.17, 15) is 4.39 Å². The molecule has 0 aromatic carbocycles. The molecule has 1 aromatic heterocycles. The molecule has 0 spiro atoms. The van der Waals surface area contributed by atoms with Crippen molar-refractivity contribution in [1.82, 2.24) is 4.98 Å². The van der Waals surface area contributed by atoms with E-state index in [1.54, 1.807) is 12.2 Å². The van der Waals surface area contributed by atoms with E-state index in [2.05, 4.69) is 4.98 Å². The molecule has 0 aliphatic rings. The average molecular weight is 202 g/mol. The SMILES string of the molecule is COc1ncc(F)cc1C=CCCl. The Balaban J connectivity index is 3.01. The van der Waals surface area contributed by atoms with Crippen LogP contribution in [0.15, 0.2) is 18.3 Å². The van der Waals surface area contributed by atoms with Crippen LogP contribution < -0.4 is 4.74 Å². The molecule has 0 aliphatic carbocycles. The maximum Gasteiger partial charge on any atom is 0.220 e. The van der Waals surface area contributed by atoms with Crippen LogP contribution in [-0.4, -0.2) is 18.0 Å². The highest BCUT2D eigenvalue weighted by atomic mass is 35.5. The number of hydrogen-bond donors (Lipinski definition) is 0. The van der Waals surface area contributed by atoms with E-state index in [1.165, 1.54) is 13.2 Å². The Morgan fingerprint density at radius 3 is 3.08 bits per heavy atom. The van der Waals surface area contributed by atoms with Gasteiger partial charge in [0.05, 0.1) is 13.3 Å².